The summed E-state index contributed by atoms with van der Waals surface area (Å²) in [6.07, 6.45) is 6.91. The molecule has 0 spiro atoms. The third kappa shape index (κ3) is 3.57. The molecule has 6 rings (SSSR count). The molecule has 0 radical (unpaired) electrons. The number of fused-ring (bicyclic) bond motifs is 2. The summed E-state index contributed by atoms with van der Waals surface area (Å²) >= 11 is 0. The van der Waals surface area contributed by atoms with Crippen LogP contribution in [0.2, 0.25) is 0 Å². The van der Waals surface area contributed by atoms with Crippen molar-refractivity contribution in [2.75, 3.05) is 0 Å². The van der Waals surface area contributed by atoms with Gasteiger partial charge in [-0.1, -0.05) is 20.8 Å². The highest BCUT2D eigenvalue weighted by molar-refractivity contribution is 5.95. The van der Waals surface area contributed by atoms with Gasteiger partial charge in [-0.15, -0.1) is 0 Å². The van der Waals surface area contributed by atoms with E-state index in [1.807, 2.05) is 28.8 Å². The summed E-state index contributed by atoms with van der Waals surface area (Å²) in [6.45, 7) is 6.26. The molecule has 8 nitrogen and oxygen atoms in total. The van der Waals surface area contributed by atoms with Gasteiger partial charge in [0.2, 0.25) is 0 Å². The lowest BCUT2D eigenvalue weighted by Crippen LogP contribution is -2.19. The summed E-state index contributed by atoms with van der Waals surface area (Å²) in [5, 5.41) is 4.20. The van der Waals surface area contributed by atoms with Crippen molar-refractivity contribution in [1.29, 1.82) is 0 Å². The minimum Gasteiger partial charge on any atom is -0.296 e. The zero-order valence-corrected chi connectivity index (χ0v) is 22.2. The maximum absolute atomic E-state index is 15.6. The van der Waals surface area contributed by atoms with Crippen LogP contribution < -0.4 is 5.69 Å². The van der Waals surface area contributed by atoms with Crippen molar-refractivity contribution in [2.45, 2.75) is 26.2 Å². The van der Waals surface area contributed by atoms with Crippen LogP contribution in [0.25, 0.3) is 50.0 Å². The van der Waals surface area contributed by atoms with Gasteiger partial charge in [0.25, 0.3) is 0 Å². The Morgan fingerprint density at radius 1 is 0.868 bits per heavy atom. The van der Waals surface area contributed by atoms with Gasteiger partial charge in [0.05, 0.1) is 34.0 Å². The van der Waals surface area contributed by atoms with Crippen LogP contribution in [0.3, 0.4) is 0 Å². The van der Waals surface area contributed by atoms with Crippen LogP contribution in [0.15, 0.2) is 66.0 Å². The molecule has 0 atom stereocenters. The van der Waals surface area contributed by atoms with Crippen LogP contribution in [0.5, 0.6) is 0 Å². The molecular formula is C29H28FN7O. The molecule has 0 unspecified atom stereocenters. The van der Waals surface area contributed by atoms with E-state index in [4.69, 9.17) is 4.98 Å². The van der Waals surface area contributed by atoms with Crippen molar-refractivity contribution in [3.63, 3.8) is 0 Å². The van der Waals surface area contributed by atoms with Crippen molar-refractivity contribution >= 4 is 22.1 Å². The molecule has 4 aromatic heterocycles. The molecule has 0 bridgehead atoms. The lowest BCUT2D eigenvalue weighted by Gasteiger charge is -2.21. The molecule has 0 aliphatic rings. The Labute approximate surface area is 218 Å². The minimum absolute atomic E-state index is 0.119. The molecule has 6 aromatic rings. The number of imidazole rings is 2. The first-order chi connectivity index (χ1) is 18.0. The zero-order valence-electron chi connectivity index (χ0n) is 22.2. The normalized spacial score (nSPS) is 12.2. The number of hydrogen-bond donors (Lipinski definition) is 0. The fraction of sp³-hybridized carbons (Fsp3) is 0.241. The van der Waals surface area contributed by atoms with Crippen LogP contribution in [0.4, 0.5) is 4.39 Å². The van der Waals surface area contributed by atoms with E-state index >= 15 is 4.39 Å². The number of aromatic nitrogens is 7. The average molecular weight is 510 g/mol. The Morgan fingerprint density at radius 2 is 1.61 bits per heavy atom. The lowest BCUT2D eigenvalue weighted by molar-refractivity contribution is 0.539. The van der Waals surface area contributed by atoms with Gasteiger partial charge in [-0.2, -0.15) is 5.10 Å². The number of aryl methyl sites for hydroxylation is 3. The molecule has 0 N–H and O–H groups in total. The topological polar surface area (TPSA) is 75.5 Å². The number of rotatable bonds is 3. The maximum atomic E-state index is 15.6. The standard InChI is InChI=1S/C29H28FN7O/c1-29(2,3)27-33-23-13-20(18-15-32-34(4)16-18)22(30)14-24(23)37(27)19-11-21(17-7-9-31-10-8-17)26-25(12-19)35(5)28(38)36(26)6/h7-16H,1-6H3. The highest BCUT2D eigenvalue weighted by Gasteiger charge is 2.26. The van der Waals surface area contributed by atoms with Crippen molar-refractivity contribution < 1.29 is 4.39 Å². The molecule has 0 fully saturated rings. The highest BCUT2D eigenvalue weighted by Crippen LogP contribution is 2.37. The second-order valence-corrected chi connectivity index (χ2v) is 10.7. The van der Waals surface area contributed by atoms with Gasteiger partial charge in [0, 0.05) is 67.9 Å². The van der Waals surface area contributed by atoms with E-state index in [-0.39, 0.29) is 16.9 Å². The van der Waals surface area contributed by atoms with E-state index in [0.717, 1.165) is 33.7 Å². The maximum Gasteiger partial charge on any atom is 0.328 e. The molecule has 38 heavy (non-hydrogen) atoms. The predicted octanol–water partition coefficient (Wildman–Crippen LogP) is 5.12. The number of nitrogens with zero attached hydrogens (tertiary/aromatic N) is 7. The first-order valence-electron chi connectivity index (χ1n) is 12.4. The fourth-order valence-electron chi connectivity index (χ4n) is 5.16. The van der Waals surface area contributed by atoms with Crippen LogP contribution >= 0.6 is 0 Å². The Kier molecular flexibility index (Phi) is 5.17. The zero-order chi connectivity index (χ0) is 26.9. The smallest absolute Gasteiger partial charge is 0.296 e. The van der Waals surface area contributed by atoms with Crippen LogP contribution in [-0.4, -0.2) is 33.4 Å². The fourth-order valence-corrected chi connectivity index (χ4v) is 5.16. The van der Waals surface area contributed by atoms with Gasteiger partial charge < -0.3 is 0 Å². The molecule has 0 amide bonds. The van der Waals surface area contributed by atoms with Gasteiger partial charge in [0.15, 0.2) is 0 Å². The number of benzene rings is 2. The predicted molar refractivity (Wildman–Crippen MR) is 147 cm³/mol. The molecular weight excluding hydrogens is 481 g/mol. The lowest BCUT2D eigenvalue weighted by atomic mass is 9.95. The van der Waals surface area contributed by atoms with Crippen molar-refractivity contribution in [1.82, 2.24) is 33.4 Å². The Hall–Kier alpha value is -4.53. The quantitative estimate of drug-likeness (QED) is 0.332. The Balaban J connectivity index is 1.71. The molecule has 0 saturated heterocycles. The van der Waals surface area contributed by atoms with E-state index in [2.05, 4.69) is 30.9 Å². The minimum atomic E-state index is -0.352. The summed E-state index contributed by atoms with van der Waals surface area (Å²) in [7, 11) is 5.35. The van der Waals surface area contributed by atoms with Crippen molar-refractivity contribution in [3.05, 3.63) is 83.3 Å². The summed E-state index contributed by atoms with van der Waals surface area (Å²) in [6, 6.07) is 11.2. The highest BCUT2D eigenvalue weighted by atomic mass is 19.1. The van der Waals surface area contributed by atoms with Crippen LogP contribution in [0, 0.1) is 5.82 Å². The summed E-state index contributed by atoms with van der Waals surface area (Å²) in [5.74, 6) is 0.436. The average Bonchev–Trinajstić information content (AvgIpc) is 3.55. The monoisotopic (exact) mass is 509 g/mol. The SMILES string of the molecule is Cn1cc(-c2cc3nc(C(C)(C)C)n(-c4cc(-c5ccncc5)c5c(c4)n(C)c(=O)n5C)c3cc2F)cn1. The van der Waals surface area contributed by atoms with Crippen LogP contribution in [-0.2, 0) is 26.6 Å². The molecule has 192 valence electrons. The van der Waals surface area contributed by atoms with E-state index in [0.29, 0.717) is 22.2 Å². The summed E-state index contributed by atoms with van der Waals surface area (Å²) in [4.78, 5) is 22.1. The molecule has 4 heterocycles. The Bertz CT molecular complexity index is 1920. The molecule has 2 aromatic carbocycles. The van der Waals surface area contributed by atoms with Crippen LogP contribution in [0.1, 0.15) is 26.6 Å². The van der Waals surface area contributed by atoms with Gasteiger partial charge in [0.1, 0.15) is 11.6 Å². The summed E-state index contributed by atoms with van der Waals surface area (Å²) < 4.78 is 22.6. The first-order valence-corrected chi connectivity index (χ1v) is 12.4. The van der Waals surface area contributed by atoms with E-state index in [1.165, 1.54) is 0 Å². The first kappa shape index (κ1) is 23.8. The summed E-state index contributed by atoms with van der Waals surface area (Å²) in [5.41, 5.74) is 6.22. The van der Waals surface area contributed by atoms with Gasteiger partial charge >= 0.3 is 5.69 Å². The number of halogens is 1. The molecule has 0 saturated carbocycles. The Morgan fingerprint density at radius 3 is 2.26 bits per heavy atom. The van der Waals surface area contributed by atoms with E-state index in [9.17, 15) is 4.79 Å². The molecule has 0 aliphatic carbocycles. The van der Waals surface area contributed by atoms with E-state index in [1.54, 1.807) is 71.9 Å². The van der Waals surface area contributed by atoms with Gasteiger partial charge in [-0.25, -0.2) is 14.2 Å². The third-order valence-corrected chi connectivity index (χ3v) is 7.02. The van der Waals surface area contributed by atoms with Gasteiger partial charge in [-0.3, -0.25) is 23.4 Å². The third-order valence-electron chi connectivity index (χ3n) is 7.02. The second kappa shape index (κ2) is 8.24. The second-order valence-electron chi connectivity index (χ2n) is 10.7. The van der Waals surface area contributed by atoms with Gasteiger partial charge in [-0.05, 0) is 35.9 Å². The molecule has 0 aliphatic heterocycles. The largest absolute Gasteiger partial charge is 0.328 e. The number of pyridine rings is 1. The number of hydrogen-bond acceptors (Lipinski definition) is 4. The van der Waals surface area contributed by atoms with Crippen molar-refractivity contribution in [2.24, 2.45) is 21.1 Å². The molecule has 9 heteroatoms. The van der Waals surface area contributed by atoms with E-state index < -0.39 is 0 Å². The van der Waals surface area contributed by atoms with Crippen molar-refractivity contribution in [3.8, 4) is 27.9 Å².